The van der Waals surface area contributed by atoms with E-state index in [0.29, 0.717) is 5.56 Å². The third kappa shape index (κ3) is 17.3. The molecule has 0 aliphatic heterocycles. The first-order valence-electron chi connectivity index (χ1n) is 35.0. The average molecular weight is 1390 g/mol. The number of nitriles is 1. The lowest BCUT2D eigenvalue weighted by atomic mass is 10.0. The van der Waals surface area contributed by atoms with Crippen molar-refractivity contribution in [2.24, 2.45) is 0 Å². The van der Waals surface area contributed by atoms with Gasteiger partial charge in [-0.25, -0.2) is 0 Å². The van der Waals surface area contributed by atoms with Crippen molar-refractivity contribution >= 4 is 96.7 Å². The Morgan fingerprint density at radius 3 is 0.701 bits per heavy atom. The molecule has 107 heavy (non-hydrogen) atoms. The van der Waals surface area contributed by atoms with E-state index in [0.717, 1.165) is 85.3 Å². The molecule has 0 bridgehead atoms. The molecule has 13 nitrogen and oxygen atoms in total. The minimum absolute atomic E-state index is 0.0742. The predicted octanol–water partition coefficient (Wildman–Crippen LogP) is 25.5. The molecule has 0 unspecified atom stereocenters. The maximum absolute atomic E-state index is 11.2. The molecule has 13 heteroatoms. The van der Waals surface area contributed by atoms with Gasteiger partial charge in [-0.05, 0) is 221 Å². The molecule has 15 aromatic rings. The standard InChI is InChI=1S/C32H25N3.2C31H25N3O2/c1-34(28-16-12-25(24-33)13-17-28)29-20-22-32(23-21-29)35(30-10-6-3-7-11-30)31-18-14-27(15-19-31)26-8-4-2-5-9-26;1-32(30-13-8-14-31(23-30)34(35)36)26-19-21-29(22-20-26)33(27-11-6-3-7-12-27)28-17-15-25(16-18-28)24-9-4-2-5-10-24;1-32(27-18-22-31(23-19-27)34(35)36)26-16-20-30(21-17-26)33(28-10-6-3-7-11-28)29-14-12-25(13-15-29)24-8-4-2-5-9-24/h2-23H,1H3;2*2-23H,1H3. The molecule has 0 aliphatic rings. The zero-order valence-corrected chi connectivity index (χ0v) is 59.3. The molecule has 0 aromatic heterocycles. The van der Waals surface area contributed by atoms with Gasteiger partial charge in [0.1, 0.15) is 0 Å². The van der Waals surface area contributed by atoms with Crippen molar-refractivity contribution in [3.63, 3.8) is 0 Å². The lowest BCUT2D eigenvalue weighted by molar-refractivity contribution is -0.385. The van der Waals surface area contributed by atoms with E-state index in [1.807, 2.05) is 146 Å². The molecule has 520 valence electrons. The van der Waals surface area contributed by atoms with Gasteiger partial charge in [0.15, 0.2) is 0 Å². The molecule has 15 aromatic carbocycles. The van der Waals surface area contributed by atoms with Gasteiger partial charge in [-0.1, -0.05) is 188 Å². The lowest BCUT2D eigenvalue weighted by Crippen LogP contribution is -2.12. The molecule has 0 aliphatic carbocycles. The van der Waals surface area contributed by atoms with Gasteiger partial charge in [0, 0.05) is 131 Å². The number of nitro groups is 2. The Morgan fingerprint density at radius 2 is 0.430 bits per heavy atom. The fourth-order valence-electron chi connectivity index (χ4n) is 12.7. The number of anilines is 15. The largest absolute Gasteiger partial charge is 0.345 e. The second-order valence-electron chi connectivity index (χ2n) is 25.2. The second kappa shape index (κ2) is 33.9. The number of nitro benzene ring substituents is 2. The monoisotopic (exact) mass is 1390 g/mol. The highest BCUT2D eigenvalue weighted by atomic mass is 16.6. The number of benzene rings is 15. The average Bonchev–Trinajstić information content (AvgIpc) is 0.810. The van der Waals surface area contributed by atoms with Gasteiger partial charge in [-0.15, -0.1) is 0 Å². The van der Waals surface area contributed by atoms with Crippen molar-refractivity contribution in [3.8, 4) is 39.4 Å². The van der Waals surface area contributed by atoms with Crippen molar-refractivity contribution in [2.75, 3.05) is 50.5 Å². The minimum Gasteiger partial charge on any atom is -0.345 e. The van der Waals surface area contributed by atoms with Crippen LogP contribution in [0.4, 0.5) is 96.7 Å². The highest BCUT2D eigenvalue weighted by Crippen LogP contribution is 2.42. The van der Waals surface area contributed by atoms with Crippen molar-refractivity contribution in [3.05, 3.63) is 426 Å². The number of hydrogen-bond acceptors (Lipinski definition) is 11. The van der Waals surface area contributed by atoms with Crippen LogP contribution >= 0.6 is 0 Å². The Bertz CT molecular complexity index is 5400. The zero-order chi connectivity index (χ0) is 73.9. The maximum atomic E-state index is 11.2. The number of nitrogens with zero attached hydrogens (tertiary/aromatic N) is 9. The number of para-hydroxylation sites is 3. The zero-order valence-electron chi connectivity index (χ0n) is 59.3. The van der Waals surface area contributed by atoms with Crippen LogP contribution in [0, 0.1) is 31.6 Å². The van der Waals surface area contributed by atoms with Crippen molar-refractivity contribution < 1.29 is 9.85 Å². The number of hydrogen-bond donors (Lipinski definition) is 0. The van der Waals surface area contributed by atoms with E-state index in [4.69, 9.17) is 5.26 Å². The molecule has 0 N–H and O–H groups in total. The van der Waals surface area contributed by atoms with Crippen molar-refractivity contribution in [2.45, 2.75) is 0 Å². The van der Waals surface area contributed by atoms with Crippen LogP contribution in [0.1, 0.15) is 5.56 Å². The van der Waals surface area contributed by atoms with E-state index in [1.54, 1.807) is 24.3 Å². The summed E-state index contributed by atoms with van der Waals surface area (Å²) in [5.41, 5.74) is 23.2. The van der Waals surface area contributed by atoms with Crippen LogP contribution in [0.15, 0.2) is 400 Å². The Labute approximate surface area is 624 Å². The molecule has 0 fully saturated rings. The molecule has 0 saturated heterocycles. The molecule has 0 heterocycles. The first kappa shape index (κ1) is 70.8. The molecule has 0 amide bonds. The van der Waals surface area contributed by atoms with Gasteiger partial charge in [-0.3, -0.25) is 20.2 Å². The van der Waals surface area contributed by atoms with E-state index in [1.165, 1.54) is 51.6 Å². The smallest absolute Gasteiger partial charge is 0.271 e. The fraction of sp³-hybridized carbons (Fsp3) is 0.0319. The van der Waals surface area contributed by atoms with E-state index in [2.05, 4.69) is 268 Å². The van der Waals surface area contributed by atoms with Gasteiger partial charge in [0.25, 0.3) is 11.4 Å². The van der Waals surface area contributed by atoms with Crippen LogP contribution < -0.4 is 29.4 Å². The fourth-order valence-corrected chi connectivity index (χ4v) is 12.7. The van der Waals surface area contributed by atoms with E-state index in [-0.39, 0.29) is 21.2 Å². The SMILES string of the molecule is CN(c1ccc(C#N)cc1)c1ccc(N(c2ccccc2)c2ccc(-c3ccccc3)cc2)cc1.CN(c1ccc(N(c2ccccc2)c2ccc(-c3ccccc3)cc2)cc1)c1ccc([N+](=O)[O-])cc1.CN(c1ccc(N(c2ccccc2)c2ccc(-c3ccccc3)cc2)cc1)c1cccc([N+](=O)[O-])c1. The van der Waals surface area contributed by atoms with Gasteiger partial charge in [0.2, 0.25) is 0 Å². The van der Waals surface area contributed by atoms with E-state index < -0.39 is 0 Å². The second-order valence-corrected chi connectivity index (χ2v) is 25.2. The van der Waals surface area contributed by atoms with E-state index in [9.17, 15) is 20.2 Å². The molecule has 0 radical (unpaired) electrons. The van der Waals surface area contributed by atoms with E-state index >= 15 is 0 Å². The highest BCUT2D eigenvalue weighted by molar-refractivity contribution is 5.84. The van der Waals surface area contributed by atoms with Crippen molar-refractivity contribution in [1.82, 2.24) is 0 Å². The van der Waals surface area contributed by atoms with Crippen LogP contribution in [0.25, 0.3) is 33.4 Å². The topological polar surface area (TPSA) is 130 Å². The summed E-state index contributed by atoms with van der Waals surface area (Å²) in [4.78, 5) is 34.2. The van der Waals surface area contributed by atoms with Crippen LogP contribution in [0.5, 0.6) is 0 Å². The summed E-state index contributed by atoms with van der Waals surface area (Å²) in [6, 6.07) is 136. The molecule has 0 saturated carbocycles. The first-order chi connectivity index (χ1) is 52.4. The Kier molecular flexibility index (Phi) is 22.4. The molecular formula is C94H75N9O4. The summed E-state index contributed by atoms with van der Waals surface area (Å²) < 4.78 is 0. The Morgan fingerprint density at radius 1 is 0.224 bits per heavy atom. The maximum Gasteiger partial charge on any atom is 0.271 e. The van der Waals surface area contributed by atoms with Crippen LogP contribution in [-0.2, 0) is 0 Å². The van der Waals surface area contributed by atoms with Gasteiger partial charge in [-0.2, -0.15) is 5.26 Å². The Hall–Kier alpha value is -14.6. The normalized spacial score (nSPS) is 10.5. The summed E-state index contributed by atoms with van der Waals surface area (Å²) in [6.45, 7) is 0. The summed E-state index contributed by atoms with van der Waals surface area (Å²) in [6.07, 6.45) is 0. The Balaban J connectivity index is 0.000000142. The highest BCUT2D eigenvalue weighted by Gasteiger charge is 2.19. The summed E-state index contributed by atoms with van der Waals surface area (Å²) in [5.74, 6) is 0. The molecular weight excluding hydrogens is 1320 g/mol. The summed E-state index contributed by atoms with van der Waals surface area (Å²) in [7, 11) is 5.90. The third-order valence-corrected chi connectivity index (χ3v) is 18.5. The number of non-ortho nitro benzene ring substituents is 2. The predicted molar refractivity (Wildman–Crippen MR) is 441 cm³/mol. The number of rotatable bonds is 20. The van der Waals surface area contributed by atoms with Crippen LogP contribution in [0.2, 0.25) is 0 Å². The lowest BCUT2D eigenvalue weighted by Gasteiger charge is -2.27. The van der Waals surface area contributed by atoms with Crippen molar-refractivity contribution in [1.29, 1.82) is 5.26 Å². The third-order valence-electron chi connectivity index (χ3n) is 18.5. The molecule has 0 spiro atoms. The van der Waals surface area contributed by atoms with Crippen LogP contribution in [0.3, 0.4) is 0 Å². The quantitative estimate of drug-likeness (QED) is 0.0534. The summed E-state index contributed by atoms with van der Waals surface area (Å²) in [5, 5.41) is 31.2. The summed E-state index contributed by atoms with van der Waals surface area (Å²) >= 11 is 0. The first-order valence-corrected chi connectivity index (χ1v) is 35.0. The minimum atomic E-state index is -0.386. The van der Waals surface area contributed by atoms with Gasteiger partial charge < -0.3 is 29.4 Å². The molecule has 15 rings (SSSR count). The molecule has 0 atom stereocenters. The van der Waals surface area contributed by atoms with Gasteiger partial charge >= 0.3 is 0 Å². The van der Waals surface area contributed by atoms with Crippen LogP contribution in [-0.4, -0.2) is 31.0 Å². The van der Waals surface area contributed by atoms with Gasteiger partial charge in [0.05, 0.1) is 21.5 Å².